The van der Waals surface area contributed by atoms with E-state index in [9.17, 15) is 4.79 Å². The normalized spacial score (nSPS) is 12.0. The molecule has 0 radical (unpaired) electrons. The third-order valence-electron chi connectivity index (χ3n) is 3.12. The maximum atomic E-state index is 12.1. The van der Waals surface area contributed by atoms with Crippen molar-refractivity contribution in [1.29, 1.82) is 0 Å². The van der Waals surface area contributed by atoms with Gasteiger partial charge in [-0.3, -0.25) is 4.79 Å². The quantitative estimate of drug-likeness (QED) is 0.910. The highest BCUT2D eigenvalue weighted by Gasteiger charge is 2.17. The molecule has 1 aromatic carbocycles. The maximum absolute atomic E-state index is 12.1. The van der Waals surface area contributed by atoms with Crippen LogP contribution in [0, 0.1) is 6.92 Å². The van der Waals surface area contributed by atoms with Crippen molar-refractivity contribution in [2.24, 2.45) is 5.73 Å². The molecule has 0 saturated heterocycles. The number of nitrogens with two attached hydrogens (primary N) is 1. The van der Waals surface area contributed by atoms with Crippen LogP contribution in [0.15, 0.2) is 35.7 Å². The first kappa shape index (κ1) is 14.6. The van der Waals surface area contributed by atoms with E-state index in [0.29, 0.717) is 0 Å². The summed E-state index contributed by atoms with van der Waals surface area (Å²) in [6, 6.07) is 9.05. The molecule has 2 rings (SSSR count). The first-order valence-corrected chi connectivity index (χ1v) is 7.25. The summed E-state index contributed by atoms with van der Waals surface area (Å²) < 4.78 is 0. The monoisotopic (exact) mass is 289 g/mol. The number of nitrogens with zero attached hydrogens (tertiary/aromatic N) is 1. The highest BCUT2D eigenvalue weighted by molar-refractivity contribution is 7.10. The molecule has 5 heteroatoms. The molecule has 1 unspecified atom stereocenters. The van der Waals surface area contributed by atoms with E-state index in [1.54, 1.807) is 0 Å². The molecular formula is C15H19N3OS. The van der Waals surface area contributed by atoms with Crippen LogP contribution in [0.2, 0.25) is 0 Å². The van der Waals surface area contributed by atoms with Crippen LogP contribution in [0.1, 0.15) is 16.5 Å². The summed E-state index contributed by atoms with van der Waals surface area (Å²) in [6.45, 7) is 1.97. The predicted molar refractivity (Wildman–Crippen MR) is 85.4 cm³/mol. The average molecular weight is 289 g/mol. The van der Waals surface area contributed by atoms with Crippen LogP contribution in [0.4, 0.5) is 11.4 Å². The van der Waals surface area contributed by atoms with Crippen LogP contribution >= 0.6 is 11.3 Å². The molecule has 2 aromatic rings. The fourth-order valence-electron chi connectivity index (χ4n) is 1.87. The number of anilines is 2. The van der Waals surface area contributed by atoms with Gasteiger partial charge >= 0.3 is 0 Å². The van der Waals surface area contributed by atoms with E-state index in [-0.39, 0.29) is 5.91 Å². The predicted octanol–water partition coefficient (Wildman–Crippen LogP) is 2.76. The van der Waals surface area contributed by atoms with Crippen LogP contribution in [0.5, 0.6) is 0 Å². The number of carbonyl (C=O) groups excluding carboxylic acids is 1. The third-order valence-corrected chi connectivity index (χ3v) is 4.07. The number of aryl methyl sites for hydroxylation is 1. The van der Waals surface area contributed by atoms with Crippen LogP contribution < -0.4 is 16.0 Å². The van der Waals surface area contributed by atoms with E-state index in [1.165, 1.54) is 11.3 Å². The largest absolute Gasteiger partial charge is 0.378 e. The summed E-state index contributed by atoms with van der Waals surface area (Å²) in [5, 5.41) is 4.80. The van der Waals surface area contributed by atoms with E-state index >= 15 is 0 Å². The molecule has 0 bridgehead atoms. The fourth-order valence-corrected chi connectivity index (χ4v) is 2.60. The van der Waals surface area contributed by atoms with Crippen molar-refractivity contribution >= 4 is 28.6 Å². The Balaban J connectivity index is 2.12. The van der Waals surface area contributed by atoms with Crippen molar-refractivity contribution in [2.75, 3.05) is 24.3 Å². The molecule has 4 nitrogen and oxygen atoms in total. The van der Waals surface area contributed by atoms with Gasteiger partial charge in [0.05, 0.1) is 0 Å². The fraction of sp³-hybridized carbons (Fsp3) is 0.267. The number of carbonyl (C=O) groups is 1. The Labute approximate surface area is 123 Å². The molecule has 106 valence electrons. The molecule has 0 aliphatic carbocycles. The lowest BCUT2D eigenvalue weighted by molar-refractivity contribution is -0.117. The standard InChI is InChI=1S/C15H19N3OS/c1-10-9-11(18(2)3)6-7-12(10)17-15(19)14(16)13-5-4-8-20-13/h4-9,14H,16H2,1-3H3,(H,17,19). The van der Waals surface area contributed by atoms with Gasteiger partial charge in [0.2, 0.25) is 5.91 Å². The number of thiophene rings is 1. The second-order valence-electron chi connectivity index (χ2n) is 4.88. The second-order valence-corrected chi connectivity index (χ2v) is 5.86. The number of hydrogen-bond donors (Lipinski definition) is 2. The first-order valence-electron chi connectivity index (χ1n) is 6.37. The summed E-state index contributed by atoms with van der Waals surface area (Å²) in [5.41, 5.74) is 8.86. The number of rotatable bonds is 4. The Morgan fingerprint density at radius 2 is 2.10 bits per heavy atom. The Hall–Kier alpha value is -1.85. The van der Waals surface area contributed by atoms with Gasteiger partial charge in [-0.1, -0.05) is 6.07 Å². The molecule has 1 aromatic heterocycles. The molecule has 20 heavy (non-hydrogen) atoms. The molecule has 1 heterocycles. The van der Waals surface area contributed by atoms with Gasteiger partial charge in [-0.15, -0.1) is 11.3 Å². The zero-order valence-corrected chi connectivity index (χ0v) is 12.7. The molecule has 1 amide bonds. The average Bonchev–Trinajstić information content (AvgIpc) is 2.93. The van der Waals surface area contributed by atoms with Crippen molar-refractivity contribution in [3.05, 3.63) is 46.2 Å². The van der Waals surface area contributed by atoms with Gasteiger partial charge < -0.3 is 16.0 Å². The van der Waals surface area contributed by atoms with Crippen molar-refractivity contribution in [3.8, 4) is 0 Å². The zero-order chi connectivity index (χ0) is 14.7. The maximum Gasteiger partial charge on any atom is 0.246 e. The number of hydrogen-bond acceptors (Lipinski definition) is 4. The summed E-state index contributed by atoms with van der Waals surface area (Å²) in [6.07, 6.45) is 0. The van der Waals surface area contributed by atoms with Gasteiger partial charge in [-0.05, 0) is 42.1 Å². The van der Waals surface area contributed by atoms with E-state index in [2.05, 4.69) is 5.32 Å². The molecule has 0 saturated carbocycles. The van der Waals surface area contributed by atoms with Gasteiger partial charge in [-0.2, -0.15) is 0 Å². The van der Waals surface area contributed by atoms with Gasteiger partial charge in [-0.25, -0.2) is 0 Å². The Bertz CT molecular complexity index is 593. The zero-order valence-electron chi connectivity index (χ0n) is 11.9. The smallest absolute Gasteiger partial charge is 0.246 e. The number of nitrogens with one attached hydrogen (secondary N) is 1. The van der Waals surface area contributed by atoms with Crippen molar-refractivity contribution in [1.82, 2.24) is 0 Å². The van der Waals surface area contributed by atoms with Crippen LogP contribution in [-0.2, 0) is 4.79 Å². The molecule has 0 fully saturated rings. The molecule has 0 aliphatic rings. The van der Waals surface area contributed by atoms with Gasteiger partial charge in [0.15, 0.2) is 0 Å². The Morgan fingerprint density at radius 3 is 2.65 bits per heavy atom. The Morgan fingerprint density at radius 1 is 1.35 bits per heavy atom. The lowest BCUT2D eigenvalue weighted by atomic mass is 10.1. The van der Waals surface area contributed by atoms with E-state index < -0.39 is 6.04 Å². The number of amides is 1. The lowest BCUT2D eigenvalue weighted by Gasteiger charge is -2.16. The summed E-state index contributed by atoms with van der Waals surface area (Å²) in [4.78, 5) is 15.0. The van der Waals surface area contributed by atoms with Gasteiger partial charge in [0.1, 0.15) is 6.04 Å². The van der Waals surface area contributed by atoms with E-state index in [0.717, 1.165) is 21.8 Å². The van der Waals surface area contributed by atoms with Crippen molar-refractivity contribution in [3.63, 3.8) is 0 Å². The van der Waals surface area contributed by atoms with Crippen LogP contribution in [0.3, 0.4) is 0 Å². The molecule has 1 atom stereocenters. The minimum Gasteiger partial charge on any atom is -0.378 e. The summed E-state index contributed by atoms with van der Waals surface area (Å²) >= 11 is 1.49. The van der Waals surface area contributed by atoms with E-state index in [4.69, 9.17) is 5.73 Å². The number of benzene rings is 1. The minimum absolute atomic E-state index is 0.187. The third kappa shape index (κ3) is 3.18. The minimum atomic E-state index is -0.622. The van der Waals surface area contributed by atoms with Crippen molar-refractivity contribution < 1.29 is 4.79 Å². The SMILES string of the molecule is Cc1cc(N(C)C)ccc1NC(=O)C(N)c1cccs1. The molecule has 3 N–H and O–H groups in total. The van der Waals surface area contributed by atoms with Crippen LogP contribution in [0.25, 0.3) is 0 Å². The summed E-state index contributed by atoms with van der Waals surface area (Å²) in [7, 11) is 3.97. The van der Waals surface area contributed by atoms with Crippen LogP contribution in [-0.4, -0.2) is 20.0 Å². The Kier molecular flexibility index (Phi) is 4.42. The topological polar surface area (TPSA) is 58.4 Å². The highest BCUT2D eigenvalue weighted by Crippen LogP contribution is 2.23. The molecule has 0 aliphatic heterocycles. The lowest BCUT2D eigenvalue weighted by Crippen LogP contribution is -2.27. The van der Waals surface area contributed by atoms with Gasteiger partial charge in [0, 0.05) is 30.3 Å². The van der Waals surface area contributed by atoms with Gasteiger partial charge in [0.25, 0.3) is 0 Å². The van der Waals surface area contributed by atoms with Crippen molar-refractivity contribution in [2.45, 2.75) is 13.0 Å². The van der Waals surface area contributed by atoms with E-state index in [1.807, 2.05) is 61.6 Å². The first-order chi connectivity index (χ1) is 9.49. The second kappa shape index (κ2) is 6.07. The molecular weight excluding hydrogens is 270 g/mol. The summed E-state index contributed by atoms with van der Waals surface area (Å²) in [5.74, 6) is -0.187. The molecule has 0 spiro atoms. The highest BCUT2D eigenvalue weighted by atomic mass is 32.1.